The summed E-state index contributed by atoms with van der Waals surface area (Å²) in [5.41, 5.74) is 0. The Morgan fingerprint density at radius 2 is 0.735 bits per heavy atom. The second-order valence-electron chi connectivity index (χ2n) is 7.26. The third kappa shape index (κ3) is 7.18. The fourth-order valence-electron chi connectivity index (χ4n) is 3.39. The van der Waals surface area contributed by atoms with Crippen molar-refractivity contribution in [1.29, 1.82) is 0 Å². The van der Waals surface area contributed by atoms with Crippen LogP contribution in [-0.2, 0) is 14.2 Å². The van der Waals surface area contributed by atoms with Gasteiger partial charge in [0.2, 0.25) is 0 Å². The number of hydrogen-bond acceptors (Lipinski definition) is 6. The molecule has 3 aromatic carbocycles. The summed E-state index contributed by atoms with van der Waals surface area (Å²) in [5, 5.41) is 3.25. The van der Waals surface area contributed by atoms with Crippen LogP contribution in [0.2, 0.25) is 0 Å². The maximum absolute atomic E-state index is 6.15. The molecule has 6 nitrogen and oxygen atoms in total. The van der Waals surface area contributed by atoms with Crippen LogP contribution < -0.4 is 30.1 Å². The first kappa shape index (κ1) is 26.0. The Labute approximate surface area is 203 Å². The summed E-state index contributed by atoms with van der Waals surface area (Å²) in [6.45, 7) is 2.94. The van der Waals surface area contributed by atoms with E-state index in [2.05, 4.69) is 18.2 Å². The van der Waals surface area contributed by atoms with Gasteiger partial charge in [0, 0.05) is 37.2 Å². The van der Waals surface area contributed by atoms with Crippen LogP contribution in [0.5, 0.6) is 17.2 Å². The van der Waals surface area contributed by atoms with Crippen molar-refractivity contribution < 1.29 is 28.4 Å². The van der Waals surface area contributed by atoms with Crippen LogP contribution in [-0.4, -0.2) is 61.0 Å². The van der Waals surface area contributed by atoms with Crippen LogP contribution in [0, 0.1) is 0 Å². The van der Waals surface area contributed by atoms with Crippen LogP contribution in [0.15, 0.2) is 72.8 Å². The van der Waals surface area contributed by atoms with E-state index in [9.17, 15) is 0 Å². The van der Waals surface area contributed by atoms with Gasteiger partial charge in [0.05, 0.1) is 19.8 Å². The molecule has 0 N–H and O–H groups in total. The van der Waals surface area contributed by atoms with Crippen molar-refractivity contribution in [2.45, 2.75) is 0 Å². The van der Waals surface area contributed by atoms with Gasteiger partial charge in [-0.05, 0) is 26.1 Å². The average molecular weight is 485 g/mol. The lowest BCUT2D eigenvalue weighted by atomic mass is 10.3. The van der Waals surface area contributed by atoms with Crippen LogP contribution >= 0.6 is 7.92 Å². The first-order valence-corrected chi connectivity index (χ1v) is 12.6. The molecule has 0 radical (unpaired) electrons. The van der Waals surface area contributed by atoms with Gasteiger partial charge in [-0.15, -0.1) is 0 Å². The molecule has 0 aliphatic heterocycles. The van der Waals surface area contributed by atoms with Gasteiger partial charge in [0.15, 0.2) is 0 Å². The quantitative estimate of drug-likeness (QED) is 0.243. The van der Waals surface area contributed by atoms with E-state index < -0.39 is 7.92 Å². The largest absolute Gasteiger partial charge is 0.490 e. The molecule has 0 aromatic heterocycles. The Kier molecular flexibility index (Phi) is 11.2. The topological polar surface area (TPSA) is 55.4 Å². The molecule has 0 atom stereocenters. The fraction of sp³-hybridized carbons (Fsp3) is 0.333. The highest BCUT2D eigenvalue weighted by molar-refractivity contribution is 7.80. The van der Waals surface area contributed by atoms with Crippen LogP contribution in [0.3, 0.4) is 0 Å². The third-order valence-corrected chi connectivity index (χ3v) is 7.51. The molecule has 3 rings (SSSR count). The van der Waals surface area contributed by atoms with Crippen LogP contribution in [0.1, 0.15) is 0 Å². The van der Waals surface area contributed by atoms with E-state index in [4.69, 9.17) is 28.4 Å². The predicted molar refractivity (Wildman–Crippen MR) is 137 cm³/mol. The molecule has 34 heavy (non-hydrogen) atoms. The van der Waals surface area contributed by atoms with E-state index in [1.807, 2.05) is 54.6 Å². The molecule has 0 amide bonds. The maximum Gasteiger partial charge on any atom is 0.127 e. The lowest BCUT2D eigenvalue weighted by molar-refractivity contribution is 0.146. The number of rotatable bonds is 15. The summed E-state index contributed by atoms with van der Waals surface area (Å²) in [7, 11) is 3.94. The van der Waals surface area contributed by atoms with E-state index in [1.165, 1.54) is 0 Å². The standard InChI is InChI=1S/C27H33O6P/c1-28-16-19-31-22-10-4-7-13-25(22)34(26-14-8-5-11-23(26)32-20-17-29-2)27-15-9-6-12-24(27)33-21-18-30-3/h4-15H,16-21H2,1-3H3. The molecule has 0 aliphatic rings. The number of benzene rings is 3. The molecule has 0 saturated heterocycles. The fourth-order valence-corrected chi connectivity index (χ4v) is 5.95. The molecule has 182 valence electrons. The number of ether oxygens (including phenoxy) is 6. The van der Waals surface area contributed by atoms with E-state index in [0.29, 0.717) is 39.6 Å². The van der Waals surface area contributed by atoms with Crippen molar-refractivity contribution in [1.82, 2.24) is 0 Å². The molecule has 0 heterocycles. The van der Waals surface area contributed by atoms with Gasteiger partial charge in [-0.2, -0.15) is 0 Å². The van der Waals surface area contributed by atoms with Gasteiger partial charge in [0.25, 0.3) is 0 Å². The Bertz CT molecular complexity index is 869. The van der Waals surface area contributed by atoms with E-state index >= 15 is 0 Å². The summed E-state index contributed by atoms with van der Waals surface area (Å²) in [4.78, 5) is 0. The van der Waals surface area contributed by atoms with Crippen molar-refractivity contribution in [2.75, 3.05) is 61.0 Å². The van der Waals surface area contributed by atoms with Gasteiger partial charge >= 0.3 is 0 Å². The summed E-state index contributed by atoms with van der Waals surface area (Å²) >= 11 is 0. The molecule has 0 bridgehead atoms. The van der Waals surface area contributed by atoms with Crippen molar-refractivity contribution in [2.24, 2.45) is 0 Å². The van der Waals surface area contributed by atoms with Crippen molar-refractivity contribution in [3.63, 3.8) is 0 Å². The number of hydrogen-bond donors (Lipinski definition) is 0. The Morgan fingerprint density at radius 1 is 0.441 bits per heavy atom. The predicted octanol–water partition coefficient (Wildman–Crippen LogP) is 3.52. The van der Waals surface area contributed by atoms with Crippen LogP contribution in [0.4, 0.5) is 0 Å². The van der Waals surface area contributed by atoms with Gasteiger partial charge < -0.3 is 28.4 Å². The highest BCUT2D eigenvalue weighted by Crippen LogP contribution is 2.42. The minimum absolute atomic E-state index is 0.467. The van der Waals surface area contributed by atoms with Crippen molar-refractivity contribution >= 4 is 23.8 Å². The zero-order valence-corrected chi connectivity index (χ0v) is 21.0. The normalized spacial score (nSPS) is 10.9. The van der Waals surface area contributed by atoms with Gasteiger partial charge in [0.1, 0.15) is 37.1 Å². The molecule has 0 saturated carbocycles. The lowest BCUT2D eigenvalue weighted by Crippen LogP contribution is -2.26. The van der Waals surface area contributed by atoms with E-state index in [1.54, 1.807) is 21.3 Å². The molecule has 0 aliphatic carbocycles. The Hall–Kier alpha value is -2.63. The van der Waals surface area contributed by atoms with Gasteiger partial charge in [-0.25, -0.2) is 0 Å². The van der Waals surface area contributed by atoms with Gasteiger partial charge in [-0.1, -0.05) is 54.6 Å². The highest BCUT2D eigenvalue weighted by Gasteiger charge is 2.26. The Balaban J connectivity index is 2.11. The van der Waals surface area contributed by atoms with E-state index in [0.717, 1.165) is 33.2 Å². The highest BCUT2D eigenvalue weighted by atomic mass is 31.1. The lowest BCUT2D eigenvalue weighted by Gasteiger charge is -2.26. The zero-order chi connectivity index (χ0) is 24.0. The first-order chi connectivity index (χ1) is 16.8. The summed E-state index contributed by atoms with van der Waals surface area (Å²) in [6.07, 6.45) is 0. The van der Waals surface area contributed by atoms with Crippen LogP contribution in [0.25, 0.3) is 0 Å². The molecule has 0 fully saturated rings. The maximum atomic E-state index is 6.15. The van der Waals surface area contributed by atoms with Crippen molar-refractivity contribution in [3.05, 3.63) is 72.8 Å². The molecular formula is C27H33O6P. The second kappa shape index (κ2) is 14.6. The minimum Gasteiger partial charge on any atom is -0.490 e. The minimum atomic E-state index is -1.07. The molecule has 0 unspecified atom stereocenters. The zero-order valence-electron chi connectivity index (χ0n) is 20.1. The van der Waals surface area contributed by atoms with E-state index in [-0.39, 0.29) is 0 Å². The number of para-hydroxylation sites is 3. The van der Waals surface area contributed by atoms with Crippen molar-refractivity contribution in [3.8, 4) is 17.2 Å². The molecule has 0 spiro atoms. The molecule has 3 aromatic rings. The smallest absolute Gasteiger partial charge is 0.127 e. The summed E-state index contributed by atoms with van der Waals surface area (Å²) in [6, 6.07) is 24.4. The third-order valence-electron chi connectivity index (χ3n) is 4.95. The average Bonchev–Trinajstić information content (AvgIpc) is 2.87. The number of methoxy groups -OCH3 is 3. The molecular weight excluding hydrogens is 451 g/mol. The molecule has 7 heteroatoms. The monoisotopic (exact) mass is 484 g/mol. The SMILES string of the molecule is COCCOc1ccccc1P(c1ccccc1OCCOC)c1ccccc1OCCOC. The Morgan fingerprint density at radius 3 is 1.03 bits per heavy atom. The second-order valence-corrected chi connectivity index (χ2v) is 9.38. The first-order valence-electron chi connectivity index (χ1n) is 11.2. The van der Waals surface area contributed by atoms with Gasteiger partial charge in [-0.3, -0.25) is 0 Å². The summed E-state index contributed by atoms with van der Waals surface area (Å²) < 4.78 is 34.0. The summed E-state index contributed by atoms with van der Waals surface area (Å²) in [5.74, 6) is 2.47.